The molecule has 0 radical (unpaired) electrons. The Kier molecular flexibility index (Phi) is 4.63. The zero-order valence-electron chi connectivity index (χ0n) is 14.8. The van der Waals surface area contributed by atoms with Crippen molar-refractivity contribution in [1.82, 2.24) is 4.90 Å². The molecule has 2 aromatic rings. The van der Waals surface area contributed by atoms with Crippen molar-refractivity contribution in [2.75, 3.05) is 0 Å². The van der Waals surface area contributed by atoms with Crippen LogP contribution in [0.15, 0.2) is 53.1 Å². The molecule has 0 spiro atoms. The number of hydrogen-bond donors (Lipinski definition) is 2. The Hall–Kier alpha value is -2.97. The monoisotopic (exact) mass is 386 g/mol. The van der Waals surface area contributed by atoms with Gasteiger partial charge < -0.3 is 5.11 Å². The SMILES string of the molecule is Cc1ccc(C2=C(O)C(=O)N(Cc3ccc(S(N)(=O)=O)cc3)C2=O)c(C)c1. The van der Waals surface area contributed by atoms with Gasteiger partial charge in [0.15, 0.2) is 5.76 Å². The second-order valence-corrected chi connectivity index (χ2v) is 7.99. The Labute approximate surface area is 156 Å². The highest BCUT2D eigenvalue weighted by Gasteiger charge is 2.39. The summed E-state index contributed by atoms with van der Waals surface area (Å²) in [7, 11) is -3.83. The molecule has 140 valence electrons. The number of amides is 2. The fourth-order valence-corrected chi connectivity index (χ4v) is 3.53. The molecule has 0 saturated heterocycles. The summed E-state index contributed by atoms with van der Waals surface area (Å²) in [5.41, 5.74) is 2.78. The van der Waals surface area contributed by atoms with Gasteiger partial charge in [0.05, 0.1) is 17.0 Å². The normalized spacial score (nSPS) is 15.0. The Morgan fingerprint density at radius 1 is 1.00 bits per heavy atom. The highest BCUT2D eigenvalue weighted by Crippen LogP contribution is 2.31. The van der Waals surface area contributed by atoms with Crippen LogP contribution in [0.1, 0.15) is 22.3 Å². The van der Waals surface area contributed by atoms with Gasteiger partial charge in [-0.05, 0) is 42.7 Å². The molecule has 2 amide bonds. The van der Waals surface area contributed by atoms with Crippen molar-refractivity contribution < 1.29 is 23.1 Å². The molecule has 8 heteroatoms. The van der Waals surface area contributed by atoms with Crippen LogP contribution in [-0.4, -0.2) is 30.2 Å². The number of aliphatic hydroxyl groups excluding tert-OH is 1. The average Bonchev–Trinajstić information content (AvgIpc) is 2.79. The number of nitrogens with zero attached hydrogens (tertiary/aromatic N) is 1. The number of rotatable bonds is 4. The van der Waals surface area contributed by atoms with Gasteiger partial charge >= 0.3 is 0 Å². The summed E-state index contributed by atoms with van der Waals surface area (Å²) in [5.74, 6) is -1.97. The van der Waals surface area contributed by atoms with Gasteiger partial charge in [-0.2, -0.15) is 0 Å². The minimum absolute atomic E-state index is 0.0290. The second-order valence-electron chi connectivity index (χ2n) is 6.43. The third-order valence-electron chi connectivity index (χ3n) is 4.39. The number of primary sulfonamides is 1. The van der Waals surface area contributed by atoms with Gasteiger partial charge in [-0.1, -0.05) is 35.9 Å². The maximum Gasteiger partial charge on any atom is 0.296 e. The van der Waals surface area contributed by atoms with E-state index in [1.807, 2.05) is 13.0 Å². The van der Waals surface area contributed by atoms with Crippen molar-refractivity contribution >= 4 is 27.4 Å². The highest BCUT2D eigenvalue weighted by atomic mass is 32.2. The van der Waals surface area contributed by atoms with Crippen molar-refractivity contribution in [2.45, 2.75) is 25.3 Å². The number of aliphatic hydroxyl groups is 1. The third-order valence-corrected chi connectivity index (χ3v) is 5.32. The predicted octanol–water partition coefficient (Wildman–Crippen LogP) is 1.79. The molecule has 0 saturated carbocycles. The third kappa shape index (κ3) is 3.49. The van der Waals surface area contributed by atoms with Crippen molar-refractivity contribution in [2.24, 2.45) is 5.14 Å². The van der Waals surface area contributed by atoms with Crippen molar-refractivity contribution in [3.63, 3.8) is 0 Å². The largest absolute Gasteiger partial charge is 0.502 e. The minimum Gasteiger partial charge on any atom is -0.502 e. The predicted molar refractivity (Wildman–Crippen MR) is 98.8 cm³/mol. The summed E-state index contributed by atoms with van der Waals surface area (Å²) in [4.78, 5) is 26.0. The van der Waals surface area contributed by atoms with E-state index >= 15 is 0 Å². The van der Waals surface area contributed by atoms with Crippen LogP contribution in [0.3, 0.4) is 0 Å². The molecule has 0 bridgehead atoms. The lowest BCUT2D eigenvalue weighted by Gasteiger charge is -2.15. The van der Waals surface area contributed by atoms with Crippen LogP contribution in [-0.2, 0) is 26.2 Å². The van der Waals surface area contributed by atoms with Crippen molar-refractivity contribution in [3.8, 4) is 0 Å². The highest BCUT2D eigenvalue weighted by molar-refractivity contribution is 7.89. The van der Waals surface area contributed by atoms with E-state index in [1.165, 1.54) is 24.3 Å². The summed E-state index contributed by atoms with van der Waals surface area (Å²) in [6.07, 6.45) is 0. The number of hydrogen-bond acceptors (Lipinski definition) is 5. The summed E-state index contributed by atoms with van der Waals surface area (Å²) in [5, 5.41) is 15.3. The minimum atomic E-state index is -3.83. The molecule has 1 heterocycles. The molecule has 2 aromatic carbocycles. The number of benzene rings is 2. The quantitative estimate of drug-likeness (QED) is 0.777. The molecule has 0 unspecified atom stereocenters. The Bertz CT molecular complexity index is 1090. The molecular formula is C19H18N2O5S. The molecule has 3 N–H and O–H groups in total. The van der Waals surface area contributed by atoms with E-state index in [1.54, 1.807) is 19.1 Å². The van der Waals surface area contributed by atoms with Gasteiger partial charge in [-0.25, -0.2) is 13.6 Å². The average molecular weight is 386 g/mol. The first kappa shape index (κ1) is 18.8. The summed E-state index contributed by atoms with van der Waals surface area (Å²) in [6, 6.07) is 10.9. The van der Waals surface area contributed by atoms with E-state index in [9.17, 15) is 23.1 Å². The van der Waals surface area contributed by atoms with E-state index in [4.69, 9.17) is 5.14 Å². The summed E-state index contributed by atoms with van der Waals surface area (Å²) in [6.45, 7) is 3.61. The second kappa shape index (κ2) is 6.64. The van der Waals surface area contributed by atoms with Crippen LogP contribution in [0.5, 0.6) is 0 Å². The van der Waals surface area contributed by atoms with Gasteiger partial charge in [-0.3, -0.25) is 14.5 Å². The van der Waals surface area contributed by atoms with Crippen LogP contribution in [0, 0.1) is 13.8 Å². The number of sulfonamides is 1. The van der Waals surface area contributed by atoms with Crippen LogP contribution >= 0.6 is 0 Å². The van der Waals surface area contributed by atoms with Crippen LogP contribution in [0.25, 0.3) is 5.57 Å². The van der Waals surface area contributed by atoms with Gasteiger partial charge in [0.2, 0.25) is 10.0 Å². The van der Waals surface area contributed by atoms with Gasteiger partial charge in [-0.15, -0.1) is 0 Å². The molecule has 0 aromatic heterocycles. The summed E-state index contributed by atoms with van der Waals surface area (Å²) < 4.78 is 22.6. The Morgan fingerprint density at radius 3 is 2.19 bits per heavy atom. The first-order valence-corrected chi connectivity index (χ1v) is 9.63. The smallest absolute Gasteiger partial charge is 0.296 e. The topological polar surface area (TPSA) is 118 Å². The van der Waals surface area contributed by atoms with E-state index in [0.717, 1.165) is 16.0 Å². The van der Waals surface area contributed by atoms with Crippen molar-refractivity contribution in [1.29, 1.82) is 0 Å². The molecular weight excluding hydrogens is 368 g/mol. The lowest BCUT2D eigenvalue weighted by Crippen LogP contribution is -2.31. The van der Waals surface area contributed by atoms with Crippen molar-refractivity contribution in [3.05, 3.63) is 70.5 Å². The van der Waals surface area contributed by atoms with Gasteiger partial charge in [0.1, 0.15) is 0 Å². The van der Waals surface area contributed by atoms with E-state index in [2.05, 4.69) is 0 Å². The van der Waals surface area contributed by atoms with E-state index in [0.29, 0.717) is 11.1 Å². The number of aryl methyl sites for hydroxylation is 2. The summed E-state index contributed by atoms with van der Waals surface area (Å²) >= 11 is 0. The number of carbonyl (C=O) groups excluding carboxylic acids is 2. The molecule has 1 aliphatic heterocycles. The zero-order chi connectivity index (χ0) is 19.9. The van der Waals surface area contributed by atoms with Gasteiger partial charge in [0, 0.05) is 0 Å². The van der Waals surface area contributed by atoms with E-state index in [-0.39, 0.29) is 17.0 Å². The first-order chi connectivity index (χ1) is 12.6. The van der Waals surface area contributed by atoms with E-state index < -0.39 is 27.6 Å². The zero-order valence-corrected chi connectivity index (χ0v) is 15.6. The Morgan fingerprint density at radius 2 is 1.63 bits per heavy atom. The fraction of sp³-hybridized carbons (Fsp3) is 0.158. The van der Waals surface area contributed by atoms with Crippen LogP contribution in [0.2, 0.25) is 0 Å². The molecule has 0 aliphatic carbocycles. The van der Waals surface area contributed by atoms with Crippen LogP contribution < -0.4 is 5.14 Å². The lowest BCUT2D eigenvalue weighted by molar-refractivity contribution is -0.138. The molecule has 3 rings (SSSR count). The molecule has 1 aliphatic rings. The first-order valence-electron chi connectivity index (χ1n) is 8.08. The number of carbonyl (C=O) groups is 2. The molecule has 0 atom stereocenters. The number of imide groups is 1. The van der Waals surface area contributed by atoms with Crippen LogP contribution in [0.4, 0.5) is 0 Å². The maximum absolute atomic E-state index is 12.8. The fourth-order valence-electron chi connectivity index (χ4n) is 3.01. The number of nitrogens with two attached hydrogens (primary N) is 1. The lowest BCUT2D eigenvalue weighted by atomic mass is 9.98. The molecule has 7 nitrogen and oxygen atoms in total. The maximum atomic E-state index is 12.8. The van der Waals surface area contributed by atoms with Gasteiger partial charge in [0.25, 0.3) is 11.8 Å². The Balaban J connectivity index is 1.90. The standard InChI is InChI=1S/C19H18N2O5S/c1-11-3-8-15(12(2)9-11)16-17(22)19(24)21(18(16)23)10-13-4-6-14(7-5-13)27(20,25)26/h3-9,22H,10H2,1-2H3,(H2,20,25,26). The molecule has 27 heavy (non-hydrogen) atoms. The molecule has 0 fully saturated rings.